The number of ether oxygens (including phenoxy) is 2. The Morgan fingerprint density at radius 2 is 1.61 bits per heavy atom. The number of phenolic OH excluding ortho intramolecular Hbond substituents is 1. The molecule has 0 bridgehead atoms. The Morgan fingerprint density at radius 3 is 2.20 bits per heavy atom. The molecule has 2 aliphatic heterocycles. The van der Waals surface area contributed by atoms with E-state index in [2.05, 4.69) is 0 Å². The molecule has 230 valence electrons. The molecule has 1 N–H and O–H groups in total. The van der Waals surface area contributed by atoms with Crippen molar-refractivity contribution in [1.82, 2.24) is 4.90 Å². The number of carbonyl (C=O) groups excluding carboxylic acids is 4. The van der Waals surface area contributed by atoms with E-state index in [0.717, 1.165) is 16.9 Å². The van der Waals surface area contributed by atoms with E-state index in [0.29, 0.717) is 16.8 Å². The molecule has 6 atom stereocenters. The maximum absolute atomic E-state index is 14.1. The predicted molar refractivity (Wildman–Crippen MR) is 165 cm³/mol. The highest BCUT2D eigenvalue weighted by atomic mass is 35.5. The molecule has 1 saturated carbocycles. The van der Waals surface area contributed by atoms with E-state index in [4.69, 9.17) is 32.7 Å². The number of methoxy groups -OCH3 is 2. The molecule has 11 heteroatoms. The van der Waals surface area contributed by atoms with Crippen LogP contribution in [0.3, 0.4) is 0 Å². The number of allylic oxidation sites excluding steroid dienone is 3. The van der Waals surface area contributed by atoms with Crippen LogP contribution < -0.4 is 14.4 Å². The number of aryl methyl sites for hydroxylation is 1. The largest absolute Gasteiger partial charge is 0.502 e. The highest BCUT2D eigenvalue weighted by Crippen LogP contribution is 2.63. The van der Waals surface area contributed by atoms with E-state index >= 15 is 0 Å². The number of hydrogen-bond acceptors (Lipinski definition) is 7. The second-order valence-corrected chi connectivity index (χ2v) is 12.9. The Labute approximate surface area is 265 Å². The first-order chi connectivity index (χ1) is 20.9. The van der Waals surface area contributed by atoms with Gasteiger partial charge in [0.25, 0.3) is 11.8 Å². The molecule has 2 heterocycles. The third-order valence-electron chi connectivity index (χ3n) is 9.66. The van der Waals surface area contributed by atoms with Crippen molar-refractivity contribution in [2.45, 2.75) is 35.9 Å². The van der Waals surface area contributed by atoms with Crippen LogP contribution in [0.25, 0.3) is 6.08 Å². The van der Waals surface area contributed by atoms with Crippen LogP contribution >= 0.6 is 23.2 Å². The minimum absolute atomic E-state index is 0.0766. The number of rotatable bonds is 6. The quantitative estimate of drug-likeness (QED) is 0.277. The number of hydrogen-bond donors (Lipinski definition) is 1. The van der Waals surface area contributed by atoms with Crippen LogP contribution in [0.4, 0.5) is 5.69 Å². The van der Waals surface area contributed by atoms with E-state index in [1.54, 1.807) is 36.4 Å². The highest BCUT2D eigenvalue weighted by Gasteiger charge is 2.75. The minimum atomic E-state index is -1.88. The van der Waals surface area contributed by atoms with Crippen molar-refractivity contribution in [3.05, 3.63) is 65.3 Å². The number of alkyl halides is 2. The molecule has 3 fully saturated rings. The molecular weight excluding hydrogens is 607 g/mol. The molecule has 9 nitrogen and oxygen atoms in total. The van der Waals surface area contributed by atoms with Crippen molar-refractivity contribution in [1.29, 1.82) is 0 Å². The zero-order chi connectivity index (χ0) is 31.7. The fourth-order valence-electron chi connectivity index (χ4n) is 7.34. The van der Waals surface area contributed by atoms with Crippen LogP contribution in [0.2, 0.25) is 0 Å². The summed E-state index contributed by atoms with van der Waals surface area (Å²) >= 11 is 14.4. The molecule has 0 radical (unpaired) electrons. The lowest BCUT2D eigenvalue weighted by Crippen LogP contribution is -2.60. The second-order valence-electron chi connectivity index (χ2n) is 11.7. The summed E-state index contributed by atoms with van der Waals surface area (Å²) < 4.78 is 10.6. The van der Waals surface area contributed by atoms with E-state index in [1.165, 1.54) is 26.2 Å². The summed E-state index contributed by atoms with van der Waals surface area (Å²) in [6.07, 6.45) is 6.28. The van der Waals surface area contributed by atoms with Gasteiger partial charge in [0.05, 0.1) is 31.7 Å². The van der Waals surface area contributed by atoms with Crippen molar-refractivity contribution in [2.75, 3.05) is 26.2 Å². The van der Waals surface area contributed by atoms with Gasteiger partial charge in [-0.1, -0.05) is 42.9 Å². The second kappa shape index (κ2) is 10.7. The van der Waals surface area contributed by atoms with E-state index < -0.39 is 45.2 Å². The van der Waals surface area contributed by atoms with Gasteiger partial charge >= 0.3 is 0 Å². The Bertz CT molecular complexity index is 1630. The molecule has 4 aliphatic rings. The maximum atomic E-state index is 14.1. The van der Waals surface area contributed by atoms with Gasteiger partial charge in [0.2, 0.25) is 17.6 Å². The molecule has 44 heavy (non-hydrogen) atoms. The molecule has 2 aliphatic carbocycles. The van der Waals surface area contributed by atoms with Crippen molar-refractivity contribution in [2.24, 2.45) is 23.7 Å². The molecule has 4 amide bonds. The lowest BCUT2D eigenvalue weighted by Gasteiger charge is -2.49. The van der Waals surface area contributed by atoms with E-state index in [9.17, 15) is 24.3 Å². The van der Waals surface area contributed by atoms with Crippen LogP contribution in [-0.2, 0) is 25.6 Å². The van der Waals surface area contributed by atoms with Crippen LogP contribution in [0.1, 0.15) is 30.9 Å². The third-order valence-corrected chi connectivity index (χ3v) is 11.1. The van der Waals surface area contributed by atoms with Gasteiger partial charge in [-0.15, -0.1) is 23.2 Å². The Balaban J connectivity index is 1.45. The lowest BCUT2D eigenvalue weighted by atomic mass is 9.57. The number of anilines is 1. The fourth-order valence-corrected chi connectivity index (χ4v) is 8.32. The summed E-state index contributed by atoms with van der Waals surface area (Å²) in [6, 6.07) is 10.5. The number of likely N-dealkylation sites (tertiary alicyclic amines) is 1. The Morgan fingerprint density at radius 1 is 0.977 bits per heavy atom. The fraction of sp³-hybridized carbons (Fsp3) is 0.394. The number of nitrogens with zero attached hydrogens (tertiary/aromatic N) is 2. The molecule has 2 saturated heterocycles. The zero-order valence-corrected chi connectivity index (χ0v) is 26.2. The molecule has 2 aromatic rings. The van der Waals surface area contributed by atoms with Crippen LogP contribution in [-0.4, -0.2) is 64.7 Å². The predicted octanol–water partition coefficient (Wildman–Crippen LogP) is 4.71. The maximum Gasteiger partial charge on any atom is 0.253 e. The summed E-state index contributed by atoms with van der Waals surface area (Å²) in [4.78, 5) is 53.5. The van der Waals surface area contributed by atoms with Gasteiger partial charge in [0.15, 0.2) is 21.2 Å². The Kier molecular flexibility index (Phi) is 7.32. The van der Waals surface area contributed by atoms with Gasteiger partial charge in [0, 0.05) is 13.0 Å². The number of fused-ring (bicyclic) bond motifs is 4. The minimum Gasteiger partial charge on any atom is -0.502 e. The van der Waals surface area contributed by atoms with Gasteiger partial charge in [0.1, 0.15) is 0 Å². The van der Waals surface area contributed by atoms with Crippen LogP contribution in [0.5, 0.6) is 17.2 Å². The SMILES string of the molecule is CCc1ccc(N2C(=O)[C@H]3[C@H](CC=C4[C@H]3C[C@@]3(Cl)C(=O)N(C)C(=O)[C@@]3(Cl)[C@H]4C=Cc3cc(OC)c(O)c(OC)c3)C2=O)cc1. The summed E-state index contributed by atoms with van der Waals surface area (Å²) in [5, 5.41) is 10.4. The van der Waals surface area contributed by atoms with E-state index in [1.807, 2.05) is 25.1 Å². The highest BCUT2D eigenvalue weighted by molar-refractivity contribution is 6.53. The number of benzene rings is 2. The standard InChI is InChI=1S/C33H32Cl2N2O7/c1-5-17-6-9-19(10-7-17)37-28(39)21-12-11-20-22(26(21)29(37)40)16-32(34)30(41)36(2)31(42)33(32,35)23(20)13-8-18-14-24(43-3)27(38)25(15-18)44-4/h6-11,13-15,21-23,26,38H,5,12,16H2,1-4H3/t21-,22+,23-,26-,32+,33-/m0/s1. The number of phenols is 1. The molecular formula is C33H32Cl2N2O7. The lowest BCUT2D eigenvalue weighted by molar-refractivity contribution is -0.138. The first kappa shape index (κ1) is 30.2. The Hall–Kier alpha value is -3.82. The average molecular weight is 640 g/mol. The first-order valence-electron chi connectivity index (χ1n) is 14.4. The van der Waals surface area contributed by atoms with Gasteiger partial charge in [-0.05, 0) is 60.6 Å². The molecule has 2 aromatic carbocycles. The monoisotopic (exact) mass is 638 g/mol. The molecule has 6 rings (SSSR count). The van der Waals surface area contributed by atoms with Gasteiger partial charge in [-0.3, -0.25) is 29.0 Å². The first-order valence-corrected chi connectivity index (χ1v) is 15.2. The zero-order valence-electron chi connectivity index (χ0n) is 24.7. The molecule has 0 aromatic heterocycles. The summed E-state index contributed by atoms with van der Waals surface area (Å²) in [5.41, 5.74) is 2.82. The number of aromatic hydroxyl groups is 1. The normalized spacial score (nSPS) is 31.3. The summed E-state index contributed by atoms with van der Waals surface area (Å²) in [6.45, 7) is 2.02. The number of imide groups is 2. The smallest absolute Gasteiger partial charge is 0.253 e. The van der Waals surface area contributed by atoms with Crippen molar-refractivity contribution < 1.29 is 33.8 Å². The summed E-state index contributed by atoms with van der Waals surface area (Å²) in [7, 11) is 4.17. The van der Waals surface area contributed by atoms with Gasteiger partial charge in [-0.25, -0.2) is 0 Å². The number of amides is 4. The van der Waals surface area contributed by atoms with Crippen LogP contribution in [0, 0.1) is 23.7 Å². The van der Waals surface area contributed by atoms with E-state index in [-0.39, 0.29) is 41.9 Å². The molecule has 0 unspecified atom stereocenters. The molecule has 0 spiro atoms. The van der Waals surface area contributed by atoms with Crippen LogP contribution in [0.15, 0.2) is 54.1 Å². The average Bonchev–Trinajstić information content (AvgIpc) is 3.35. The van der Waals surface area contributed by atoms with Crippen molar-refractivity contribution in [3.8, 4) is 17.2 Å². The topological polar surface area (TPSA) is 113 Å². The number of halogens is 2. The van der Waals surface area contributed by atoms with Gasteiger partial charge < -0.3 is 14.6 Å². The number of carbonyl (C=O) groups is 4. The van der Waals surface area contributed by atoms with Crippen molar-refractivity contribution >= 4 is 58.6 Å². The third kappa shape index (κ3) is 4.05. The van der Waals surface area contributed by atoms with Crippen molar-refractivity contribution in [3.63, 3.8) is 0 Å². The summed E-state index contributed by atoms with van der Waals surface area (Å²) in [5.74, 6) is -4.68. The van der Waals surface area contributed by atoms with Gasteiger partial charge in [-0.2, -0.15) is 0 Å².